The number of carbonyl (C=O) groups is 1. The van der Waals surface area contributed by atoms with Gasteiger partial charge in [-0.1, -0.05) is 6.92 Å². The lowest BCUT2D eigenvalue weighted by Crippen LogP contribution is -2.49. The van der Waals surface area contributed by atoms with E-state index in [2.05, 4.69) is 15.3 Å². The molecular formula is C18H24N4O2. The highest BCUT2D eigenvalue weighted by atomic mass is 16.3. The molecule has 1 fully saturated rings. The molecule has 1 saturated carbocycles. The number of nitrogens with one attached hydrogen (secondary N) is 1. The molecule has 6 heteroatoms. The van der Waals surface area contributed by atoms with Crippen LogP contribution in [-0.4, -0.2) is 37.7 Å². The van der Waals surface area contributed by atoms with Crippen LogP contribution in [0.1, 0.15) is 31.2 Å². The van der Waals surface area contributed by atoms with Crippen LogP contribution in [0.25, 0.3) is 0 Å². The fourth-order valence-corrected chi connectivity index (χ4v) is 3.27. The van der Waals surface area contributed by atoms with Crippen LogP contribution in [0, 0.1) is 5.92 Å². The van der Waals surface area contributed by atoms with Crippen LogP contribution in [0.3, 0.4) is 0 Å². The Kier molecular flexibility index (Phi) is 5.25. The van der Waals surface area contributed by atoms with E-state index in [-0.39, 0.29) is 24.6 Å². The highest BCUT2D eigenvalue weighted by Crippen LogP contribution is 2.31. The molecule has 1 aliphatic carbocycles. The topological polar surface area (TPSA) is 80.0 Å². The van der Waals surface area contributed by atoms with Gasteiger partial charge >= 0.3 is 0 Å². The summed E-state index contributed by atoms with van der Waals surface area (Å²) in [6.07, 6.45) is 9.93. The lowest BCUT2D eigenvalue weighted by molar-refractivity contribution is -0.123. The molecule has 2 aromatic heterocycles. The summed E-state index contributed by atoms with van der Waals surface area (Å²) in [6.45, 7) is 2.31. The summed E-state index contributed by atoms with van der Waals surface area (Å²) in [5, 5.41) is 12.8. The molecule has 0 saturated heterocycles. The summed E-state index contributed by atoms with van der Waals surface area (Å²) in [5.74, 6) is 1.23. The number of hydrogen-bond donors (Lipinski definition) is 2. The van der Waals surface area contributed by atoms with Gasteiger partial charge in [0.1, 0.15) is 12.4 Å². The van der Waals surface area contributed by atoms with Crippen molar-refractivity contribution in [1.29, 1.82) is 0 Å². The first-order valence-electron chi connectivity index (χ1n) is 8.52. The van der Waals surface area contributed by atoms with Crippen LogP contribution in [0.2, 0.25) is 0 Å². The number of nitrogens with zero attached hydrogens (tertiary/aromatic N) is 3. The average Bonchev–Trinajstić information content (AvgIpc) is 2.99. The van der Waals surface area contributed by atoms with E-state index in [1.165, 1.54) is 0 Å². The van der Waals surface area contributed by atoms with Crippen molar-refractivity contribution in [1.82, 2.24) is 19.9 Å². The van der Waals surface area contributed by atoms with E-state index in [0.29, 0.717) is 5.92 Å². The Bertz CT molecular complexity index is 665. The molecule has 0 radical (unpaired) electrons. The van der Waals surface area contributed by atoms with Crippen molar-refractivity contribution in [2.75, 3.05) is 0 Å². The van der Waals surface area contributed by atoms with Gasteiger partial charge in [-0.3, -0.25) is 9.78 Å². The van der Waals surface area contributed by atoms with Crippen LogP contribution in [0.5, 0.6) is 0 Å². The SMILES string of the molecule is CCc1nccn1CC(=O)N[C@@H](Cc1ccncc1)C1CC(O)C1. The monoisotopic (exact) mass is 328 g/mol. The van der Waals surface area contributed by atoms with Crippen molar-refractivity contribution in [3.63, 3.8) is 0 Å². The third-order valence-corrected chi connectivity index (χ3v) is 4.70. The first-order valence-corrected chi connectivity index (χ1v) is 8.52. The zero-order valence-corrected chi connectivity index (χ0v) is 13.9. The van der Waals surface area contributed by atoms with Gasteiger partial charge in [0.25, 0.3) is 0 Å². The fraction of sp³-hybridized carbons (Fsp3) is 0.500. The highest BCUT2D eigenvalue weighted by molar-refractivity contribution is 5.76. The third-order valence-electron chi connectivity index (χ3n) is 4.70. The number of aromatic nitrogens is 3. The summed E-state index contributed by atoms with van der Waals surface area (Å²) in [5.41, 5.74) is 1.15. The molecule has 3 rings (SSSR count). The quantitative estimate of drug-likeness (QED) is 0.804. The van der Waals surface area contributed by atoms with Crippen LogP contribution >= 0.6 is 0 Å². The van der Waals surface area contributed by atoms with Gasteiger partial charge in [0.15, 0.2) is 0 Å². The van der Waals surface area contributed by atoms with Crippen molar-refractivity contribution in [3.8, 4) is 0 Å². The first-order chi connectivity index (χ1) is 11.7. The summed E-state index contributed by atoms with van der Waals surface area (Å²) in [4.78, 5) is 20.8. The predicted molar refractivity (Wildman–Crippen MR) is 90.2 cm³/mol. The summed E-state index contributed by atoms with van der Waals surface area (Å²) in [7, 11) is 0. The van der Waals surface area contributed by atoms with Gasteiger partial charge in [-0.25, -0.2) is 4.98 Å². The number of aryl methyl sites for hydroxylation is 1. The summed E-state index contributed by atoms with van der Waals surface area (Å²) < 4.78 is 1.88. The molecule has 1 amide bonds. The molecular weight excluding hydrogens is 304 g/mol. The first kappa shape index (κ1) is 16.6. The van der Waals surface area contributed by atoms with E-state index in [1.54, 1.807) is 18.6 Å². The largest absolute Gasteiger partial charge is 0.393 e. The number of hydrogen-bond acceptors (Lipinski definition) is 4. The Labute approximate surface area is 141 Å². The van der Waals surface area contributed by atoms with E-state index in [1.807, 2.05) is 29.8 Å². The van der Waals surface area contributed by atoms with Crippen molar-refractivity contribution < 1.29 is 9.90 Å². The molecule has 1 atom stereocenters. The summed E-state index contributed by atoms with van der Waals surface area (Å²) >= 11 is 0. The van der Waals surface area contributed by atoms with E-state index >= 15 is 0 Å². The molecule has 2 N–H and O–H groups in total. The van der Waals surface area contributed by atoms with Gasteiger partial charge in [0, 0.05) is 37.3 Å². The Morgan fingerprint density at radius 1 is 1.38 bits per heavy atom. The van der Waals surface area contributed by atoms with Crippen LogP contribution < -0.4 is 5.32 Å². The molecule has 0 spiro atoms. The van der Waals surface area contributed by atoms with Gasteiger partial charge in [-0.05, 0) is 42.9 Å². The summed E-state index contributed by atoms with van der Waals surface area (Å²) in [6, 6.07) is 3.98. The average molecular weight is 328 g/mol. The number of carbonyl (C=O) groups excluding carboxylic acids is 1. The van der Waals surface area contributed by atoms with Crippen molar-refractivity contribution in [2.45, 2.75) is 51.3 Å². The predicted octanol–water partition coefficient (Wildman–Crippen LogP) is 1.34. The lowest BCUT2D eigenvalue weighted by Gasteiger charge is -2.38. The minimum atomic E-state index is -0.229. The maximum atomic E-state index is 12.5. The van der Waals surface area contributed by atoms with Crippen LogP contribution in [0.4, 0.5) is 0 Å². The normalized spacial score (nSPS) is 21.1. The van der Waals surface area contributed by atoms with E-state index in [9.17, 15) is 9.90 Å². The Hall–Kier alpha value is -2.21. The lowest BCUT2D eigenvalue weighted by atomic mass is 9.75. The molecule has 0 unspecified atom stereocenters. The Balaban J connectivity index is 1.63. The molecule has 0 aliphatic heterocycles. The Morgan fingerprint density at radius 2 is 2.12 bits per heavy atom. The van der Waals surface area contributed by atoms with Gasteiger partial charge in [-0.2, -0.15) is 0 Å². The van der Waals surface area contributed by atoms with E-state index in [0.717, 1.165) is 37.1 Å². The molecule has 24 heavy (non-hydrogen) atoms. The number of amides is 1. The molecule has 6 nitrogen and oxygen atoms in total. The van der Waals surface area contributed by atoms with Gasteiger partial charge in [0.2, 0.25) is 5.91 Å². The van der Waals surface area contributed by atoms with Gasteiger partial charge in [-0.15, -0.1) is 0 Å². The van der Waals surface area contributed by atoms with Crippen molar-refractivity contribution in [3.05, 3.63) is 48.3 Å². The Morgan fingerprint density at radius 3 is 2.79 bits per heavy atom. The maximum absolute atomic E-state index is 12.5. The number of pyridine rings is 1. The second-order valence-corrected chi connectivity index (χ2v) is 6.44. The zero-order chi connectivity index (χ0) is 16.9. The smallest absolute Gasteiger partial charge is 0.240 e. The number of rotatable bonds is 7. The van der Waals surface area contributed by atoms with Crippen molar-refractivity contribution in [2.24, 2.45) is 5.92 Å². The molecule has 2 heterocycles. The van der Waals surface area contributed by atoms with E-state index < -0.39 is 0 Å². The van der Waals surface area contributed by atoms with Gasteiger partial charge in [0.05, 0.1) is 6.10 Å². The zero-order valence-electron chi connectivity index (χ0n) is 13.9. The van der Waals surface area contributed by atoms with Gasteiger partial charge < -0.3 is 15.0 Å². The second kappa shape index (κ2) is 7.57. The number of imidazole rings is 1. The third kappa shape index (κ3) is 4.00. The maximum Gasteiger partial charge on any atom is 0.240 e. The molecule has 1 aliphatic rings. The van der Waals surface area contributed by atoms with Crippen LogP contribution in [0.15, 0.2) is 36.9 Å². The van der Waals surface area contributed by atoms with E-state index in [4.69, 9.17) is 0 Å². The minimum Gasteiger partial charge on any atom is -0.393 e. The minimum absolute atomic E-state index is 0.0110. The fourth-order valence-electron chi connectivity index (χ4n) is 3.27. The second-order valence-electron chi connectivity index (χ2n) is 6.44. The van der Waals surface area contributed by atoms with Crippen molar-refractivity contribution >= 4 is 5.91 Å². The molecule has 2 aromatic rings. The molecule has 0 aromatic carbocycles. The number of aliphatic hydroxyl groups excluding tert-OH is 1. The highest BCUT2D eigenvalue weighted by Gasteiger charge is 2.34. The van der Waals surface area contributed by atoms with Crippen LogP contribution in [-0.2, 0) is 24.2 Å². The molecule has 0 bridgehead atoms. The number of aliphatic hydroxyl groups is 1. The molecule has 128 valence electrons. The standard InChI is InChI=1S/C18H24N4O2/c1-2-17-20-7-8-22(17)12-18(24)21-16(14-10-15(23)11-14)9-13-3-5-19-6-4-13/h3-8,14-16,23H,2,9-12H2,1H3,(H,21,24)/t14?,15?,16-/m0/s1.